The van der Waals surface area contributed by atoms with E-state index >= 15 is 0 Å². The first-order valence-electron chi connectivity index (χ1n) is 11.9. The van der Waals surface area contributed by atoms with Crippen molar-refractivity contribution in [1.29, 1.82) is 0 Å². The fourth-order valence-corrected chi connectivity index (χ4v) is 6.82. The maximum absolute atomic E-state index is 13.0. The number of hydrogen-bond donors (Lipinski definition) is 2. The van der Waals surface area contributed by atoms with Crippen molar-refractivity contribution < 1.29 is 4.79 Å². The van der Waals surface area contributed by atoms with Crippen molar-refractivity contribution >= 4 is 6.03 Å². The summed E-state index contributed by atoms with van der Waals surface area (Å²) in [6.45, 7) is 0.454. The molecule has 0 saturated heterocycles. The fourth-order valence-electron chi connectivity index (χ4n) is 6.82. The summed E-state index contributed by atoms with van der Waals surface area (Å²) in [4.78, 5) is 13.0. The lowest BCUT2D eigenvalue weighted by atomic mass is 9.53. The first-order valence-corrected chi connectivity index (χ1v) is 11.9. The molecule has 4 bridgehead atoms. The maximum atomic E-state index is 13.0. The van der Waals surface area contributed by atoms with Crippen LogP contribution in [-0.4, -0.2) is 21.4 Å². The van der Waals surface area contributed by atoms with E-state index in [0.717, 1.165) is 59.5 Å². The van der Waals surface area contributed by atoms with Gasteiger partial charge in [0.05, 0.1) is 11.4 Å². The molecule has 2 N–H and O–H groups in total. The Labute approximate surface area is 189 Å². The average molecular weight is 427 g/mol. The highest BCUT2D eigenvalue weighted by Crippen LogP contribution is 2.55. The zero-order valence-corrected chi connectivity index (χ0v) is 18.3. The van der Waals surface area contributed by atoms with Crippen LogP contribution < -0.4 is 10.6 Å². The van der Waals surface area contributed by atoms with Gasteiger partial charge in [-0.15, -0.1) is 0 Å². The molecule has 2 amide bonds. The van der Waals surface area contributed by atoms with Crippen LogP contribution in [0.15, 0.2) is 66.9 Å². The summed E-state index contributed by atoms with van der Waals surface area (Å²) in [5.41, 5.74) is 4.01. The second-order valence-corrected chi connectivity index (χ2v) is 10.2. The van der Waals surface area contributed by atoms with Gasteiger partial charge in [-0.1, -0.05) is 48.5 Å². The van der Waals surface area contributed by atoms with Crippen molar-refractivity contribution in [1.82, 2.24) is 20.4 Å². The van der Waals surface area contributed by atoms with E-state index in [1.807, 2.05) is 59.4 Å². The molecule has 0 atom stereocenters. The van der Waals surface area contributed by atoms with Crippen LogP contribution >= 0.6 is 0 Å². The monoisotopic (exact) mass is 426 g/mol. The zero-order chi connectivity index (χ0) is 21.5. The van der Waals surface area contributed by atoms with Crippen LogP contribution in [0.3, 0.4) is 0 Å². The van der Waals surface area contributed by atoms with Crippen molar-refractivity contribution in [3.05, 3.63) is 72.4 Å². The Morgan fingerprint density at radius 1 is 0.906 bits per heavy atom. The molecule has 3 aromatic rings. The van der Waals surface area contributed by atoms with Crippen molar-refractivity contribution in [2.24, 2.45) is 17.8 Å². The zero-order valence-electron chi connectivity index (χ0n) is 18.3. The number of nitrogens with one attached hydrogen (secondary N) is 2. The van der Waals surface area contributed by atoms with E-state index in [1.165, 1.54) is 19.3 Å². The van der Waals surface area contributed by atoms with Crippen LogP contribution in [0.1, 0.15) is 44.1 Å². The Morgan fingerprint density at radius 2 is 1.50 bits per heavy atom. The first-order chi connectivity index (χ1) is 15.7. The fraction of sp³-hybridized carbons (Fsp3) is 0.407. The van der Waals surface area contributed by atoms with Crippen molar-refractivity contribution in [3.63, 3.8) is 0 Å². The molecule has 4 aliphatic carbocycles. The second-order valence-electron chi connectivity index (χ2n) is 10.2. The number of nitrogens with zero attached hydrogens (tertiary/aromatic N) is 2. The summed E-state index contributed by atoms with van der Waals surface area (Å²) < 4.78 is 1.90. The van der Waals surface area contributed by atoms with Gasteiger partial charge < -0.3 is 10.6 Å². The highest BCUT2D eigenvalue weighted by Gasteiger charge is 2.51. The highest BCUT2D eigenvalue weighted by molar-refractivity contribution is 5.75. The number of hydrogen-bond acceptors (Lipinski definition) is 2. The lowest BCUT2D eigenvalue weighted by Gasteiger charge is -2.56. The predicted octanol–water partition coefficient (Wildman–Crippen LogP) is 5.31. The van der Waals surface area contributed by atoms with E-state index in [9.17, 15) is 4.79 Å². The molecule has 4 aliphatic rings. The van der Waals surface area contributed by atoms with Crippen LogP contribution in [-0.2, 0) is 6.54 Å². The molecule has 4 saturated carbocycles. The predicted molar refractivity (Wildman–Crippen MR) is 125 cm³/mol. The van der Waals surface area contributed by atoms with Gasteiger partial charge in [-0.2, -0.15) is 5.10 Å². The van der Waals surface area contributed by atoms with Gasteiger partial charge in [0.1, 0.15) is 0 Å². The smallest absolute Gasteiger partial charge is 0.315 e. The largest absolute Gasteiger partial charge is 0.334 e. The summed E-state index contributed by atoms with van der Waals surface area (Å²) in [5.74, 6) is 2.45. The molecule has 0 aliphatic heterocycles. The minimum atomic E-state index is -0.0431. The molecule has 32 heavy (non-hydrogen) atoms. The van der Waals surface area contributed by atoms with Crippen LogP contribution in [0.5, 0.6) is 0 Å². The van der Waals surface area contributed by atoms with E-state index in [0.29, 0.717) is 6.54 Å². The number of carbonyl (C=O) groups excluding carboxylic acids is 1. The Bertz CT molecular complexity index is 1070. The van der Waals surface area contributed by atoms with E-state index in [2.05, 4.69) is 22.8 Å². The summed E-state index contributed by atoms with van der Waals surface area (Å²) in [5, 5.41) is 11.4. The molecular formula is C27H30N4O. The van der Waals surface area contributed by atoms with E-state index in [1.54, 1.807) is 0 Å². The lowest BCUT2D eigenvalue weighted by Crippen LogP contribution is -2.61. The van der Waals surface area contributed by atoms with Crippen LogP contribution in [0.2, 0.25) is 0 Å². The minimum Gasteiger partial charge on any atom is -0.334 e. The number of benzene rings is 2. The van der Waals surface area contributed by atoms with Gasteiger partial charge in [-0.3, -0.25) is 0 Å². The third-order valence-electron chi connectivity index (χ3n) is 7.71. The molecule has 5 heteroatoms. The van der Waals surface area contributed by atoms with Gasteiger partial charge in [0.25, 0.3) is 0 Å². The van der Waals surface area contributed by atoms with Crippen LogP contribution in [0.4, 0.5) is 4.79 Å². The Kier molecular flexibility index (Phi) is 4.78. The van der Waals surface area contributed by atoms with Gasteiger partial charge in [-0.25, -0.2) is 9.48 Å². The molecule has 7 rings (SSSR count). The number of carbonyl (C=O) groups is 1. The van der Waals surface area contributed by atoms with E-state index in [4.69, 9.17) is 5.10 Å². The molecule has 0 unspecified atom stereocenters. The summed E-state index contributed by atoms with van der Waals surface area (Å²) in [7, 11) is 0. The van der Waals surface area contributed by atoms with Crippen molar-refractivity contribution in [2.45, 2.75) is 50.6 Å². The highest BCUT2D eigenvalue weighted by atomic mass is 16.2. The number of aromatic nitrogens is 2. The molecule has 4 fully saturated rings. The maximum Gasteiger partial charge on any atom is 0.315 e. The summed E-state index contributed by atoms with van der Waals surface area (Å²) >= 11 is 0. The summed E-state index contributed by atoms with van der Waals surface area (Å²) in [6.07, 6.45) is 9.64. The quantitative estimate of drug-likeness (QED) is 0.581. The molecule has 2 aromatic carbocycles. The third-order valence-corrected chi connectivity index (χ3v) is 7.71. The van der Waals surface area contributed by atoms with Gasteiger partial charge in [0.15, 0.2) is 0 Å². The minimum absolute atomic E-state index is 0.0231. The van der Waals surface area contributed by atoms with Crippen LogP contribution in [0.25, 0.3) is 16.9 Å². The van der Waals surface area contributed by atoms with Crippen molar-refractivity contribution in [2.75, 3.05) is 0 Å². The number of amides is 2. The first kappa shape index (κ1) is 19.6. The number of rotatable bonds is 5. The molecule has 164 valence electrons. The Hall–Kier alpha value is -3.08. The summed E-state index contributed by atoms with van der Waals surface area (Å²) in [6, 6.07) is 20.2. The molecule has 0 spiro atoms. The van der Waals surface area contributed by atoms with E-state index < -0.39 is 0 Å². The van der Waals surface area contributed by atoms with E-state index in [-0.39, 0.29) is 11.6 Å². The third kappa shape index (κ3) is 3.70. The average Bonchev–Trinajstić information content (AvgIpc) is 3.22. The second kappa shape index (κ2) is 7.80. The lowest BCUT2D eigenvalue weighted by molar-refractivity contribution is -0.0135. The number of para-hydroxylation sites is 1. The standard InChI is InChI=1S/C27H30N4O/c32-26(29-27-14-19-11-20(15-27)13-21(12-19)16-27)28-17-23-18-31(24-9-5-2-6-10-24)30-25(23)22-7-3-1-4-8-22/h1-10,18-21H,11-17H2,(H2,28,29,32). The van der Waals surface area contributed by atoms with Crippen LogP contribution in [0, 0.1) is 17.8 Å². The molecule has 1 aromatic heterocycles. The normalized spacial score (nSPS) is 27.9. The van der Waals surface area contributed by atoms with Gasteiger partial charge in [-0.05, 0) is 68.4 Å². The number of urea groups is 1. The van der Waals surface area contributed by atoms with Gasteiger partial charge >= 0.3 is 6.03 Å². The Morgan fingerprint density at radius 3 is 2.12 bits per heavy atom. The van der Waals surface area contributed by atoms with Crippen molar-refractivity contribution in [3.8, 4) is 16.9 Å². The van der Waals surface area contributed by atoms with Gasteiger partial charge in [0.2, 0.25) is 0 Å². The molecule has 0 radical (unpaired) electrons. The topological polar surface area (TPSA) is 59.0 Å². The molecule has 5 nitrogen and oxygen atoms in total. The Balaban J connectivity index is 1.20. The SMILES string of the molecule is O=C(NCc1cn(-c2ccccc2)nc1-c1ccccc1)NC12CC3CC(CC(C3)C1)C2. The molecular weight excluding hydrogens is 396 g/mol. The van der Waals surface area contributed by atoms with Gasteiger partial charge in [0, 0.05) is 29.4 Å². The molecule has 1 heterocycles.